The van der Waals surface area contributed by atoms with Crippen molar-refractivity contribution in [1.82, 2.24) is 9.55 Å². The van der Waals surface area contributed by atoms with E-state index < -0.39 is 29.4 Å². The van der Waals surface area contributed by atoms with Crippen molar-refractivity contribution < 1.29 is 33.3 Å². The molecule has 252 valence electrons. The fourth-order valence-corrected chi connectivity index (χ4v) is 6.93. The number of rotatable bonds is 12. The predicted octanol–water partition coefficient (Wildman–Crippen LogP) is 6.37. The second-order valence-electron chi connectivity index (χ2n) is 13.2. The van der Waals surface area contributed by atoms with Crippen molar-refractivity contribution in [3.05, 3.63) is 95.6 Å². The highest BCUT2D eigenvalue weighted by molar-refractivity contribution is 5.91. The number of carbonyl (C=O) groups is 2. The van der Waals surface area contributed by atoms with E-state index in [-0.39, 0.29) is 37.6 Å². The molecule has 3 aliphatic rings. The molecule has 47 heavy (non-hydrogen) atoms. The van der Waals surface area contributed by atoms with Gasteiger partial charge in [-0.2, -0.15) is 0 Å². The minimum absolute atomic E-state index is 0.00224. The number of fused-ring (bicyclic) bond motifs is 3. The van der Waals surface area contributed by atoms with E-state index in [4.69, 9.17) is 23.7 Å². The zero-order valence-electron chi connectivity index (χ0n) is 28.4. The number of aromatic nitrogens is 2. The van der Waals surface area contributed by atoms with E-state index in [0.29, 0.717) is 30.2 Å². The standard InChI is InChI=1S/C38H48N2O7/c1-7-45-38-18-17-37(5,47-38)34(46-35(41)16-14-29-23-40(6)25-39-29)22-31-27(4)13-15-30(26(2)3)32(31)21-33(38)36(42)44-20-19-43-24-28-11-9-8-10-12-28/h8-14,16-18,21,23,25-26,30-32,34H,7,15,19-20,22,24H2,1-6H3/b16-14+,33-21-/t30-,31+,32-,34+,37+,38-/m1/s1. The van der Waals surface area contributed by atoms with Crippen LogP contribution in [0.5, 0.6) is 0 Å². The summed E-state index contributed by atoms with van der Waals surface area (Å²) in [5.74, 6) is -1.99. The number of nitrogens with zero attached hydrogens (tertiary/aromatic N) is 2. The van der Waals surface area contributed by atoms with E-state index in [1.165, 1.54) is 11.6 Å². The Bertz CT molecular complexity index is 1520. The Morgan fingerprint density at radius 3 is 2.66 bits per heavy atom. The first-order valence-corrected chi connectivity index (χ1v) is 16.6. The van der Waals surface area contributed by atoms with Crippen LogP contribution in [0.15, 0.2) is 84.4 Å². The van der Waals surface area contributed by atoms with Gasteiger partial charge in [0.2, 0.25) is 5.79 Å². The summed E-state index contributed by atoms with van der Waals surface area (Å²) >= 11 is 0. The first-order chi connectivity index (χ1) is 22.5. The minimum Gasteiger partial charge on any atom is -0.460 e. The molecule has 1 aromatic heterocycles. The van der Waals surface area contributed by atoms with E-state index in [9.17, 15) is 9.59 Å². The Morgan fingerprint density at radius 2 is 1.96 bits per heavy atom. The molecule has 2 bridgehead atoms. The molecule has 2 aliphatic heterocycles. The first-order valence-electron chi connectivity index (χ1n) is 16.6. The number of imidazole rings is 1. The maximum Gasteiger partial charge on any atom is 0.339 e. The van der Waals surface area contributed by atoms with Crippen molar-refractivity contribution in [2.45, 2.75) is 71.6 Å². The smallest absolute Gasteiger partial charge is 0.339 e. The Kier molecular flexibility index (Phi) is 11.0. The van der Waals surface area contributed by atoms with Crippen LogP contribution >= 0.6 is 0 Å². The largest absolute Gasteiger partial charge is 0.460 e. The van der Waals surface area contributed by atoms with E-state index in [2.05, 4.69) is 31.8 Å². The van der Waals surface area contributed by atoms with Gasteiger partial charge in [-0.15, -0.1) is 0 Å². The summed E-state index contributed by atoms with van der Waals surface area (Å²) in [6, 6.07) is 9.86. The third-order valence-electron chi connectivity index (χ3n) is 9.48. The molecule has 1 aromatic carbocycles. The van der Waals surface area contributed by atoms with Gasteiger partial charge in [-0.05, 0) is 81.1 Å². The van der Waals surface area contributed by atoms with E-state index in [0.717, 1.165) is 12.0 Å². The van der Waals surface area contributed by atoms with Crippen LogP contribution in [-0.2, 0) is 46.9 Å². The Hall–Kier alpha value is -3.79. The van der Waals surface area contributed by atoms with Gasteiger partial charge in [0, 0.05) is 25.9 Å². The molecule has 1 aliphatic carbocycles. The molecule has 0 radical (unpaired) electrons. The molecule has 0 saturated heterocycles. The van der Waals surface area contributed by atoms with Gasteiger partial charge < -0.3 is 28.3 Å². The molecule has 5 rings (SSSR count). The molecule has 6 atom stereocenters. The zero-order chi connectivity index (χ0) is 33.6. The summed E-state index contributed by atoms with van der Waals surface area (Å²) in [5, 5.41) is 0. The number of hydrogen-bond donors (Lipinski definition) is 0. The third-order valence-corrected chi connectivity index (χ3v) is 9.48. The van der Waals surface area contributed by atoms with Gasteiger partial charge in [-0.1, -0.05) is 61.9 Å². The fraction of sp³-hybridized carbons (Fsp3) is 0.500. The number of allylic oxidation sites excluding steroid dienone is 3. The minimum atomic E-state index is -1.51. The van der Waals surface area contributed by atoms with Crippen LogP contribution in [-0.4, -0.2) is 58.8 Å². The monoisotopic (exact) mass is 644 g/mol. The molecule has 0 saturated carbocycles. The van der Waals surface area contributed by atoms with Crippen LogP contribution in [0, 0.1) is 23.7 Å². The van der Waals surface area contributed by atoms with Crippen molar-refractivity contribution in [2.75, 3.05) is 19.8 Å². The molecule has 0 unspecified atom stereocenters. The van der Waals surface area contributed by atoms with Crippen molar-refractivity contribution in [3.63, 3.8) is 0 Å². The molecule has 2 aromatic rings. The van der Waals surface area contributed by atoms with Crippen LogP contribution < -0.4 is 0 Å². The Labute approximate surface area is 278 Å². The normalized spacial score (nSPS) is 29.8. The number of benzene rings is 1. The van der Waals surface area contributed by atoms with Crippen LogP contribution in [0.4, 0.5) is 0 Å². The molecule has 0 spiro atoms. The summed E-state index contributed by atoms with van der Waals surface area (Å²) in [6.45, 7) is 11.3. The summed E-state index contributed by atoms with van der Waals surface area (Å²) in [6.07, 6.45) is 15.2. The molecule has 3 heterocycles. The number of aryl methyl sites for hydroxylation is 1. The highest BCUT2D eigenvalue weighted by Crippen LogP contribution is 2.50. The molecule has 9 nitrogen and oxygen atoms in total. The van der Waals surface area contributed by atoms with E-state index in [1.54, 1.807) is 18.5 Å². The summed E-state index contributed by atoms with van der Waals surface area (Å²) in [5.41, 5.74) is 2.12. The van der Waals surface area contributed by atoms with Gasteiger partial charge in [0.25, 0.3) is 0 Å². The number of esters is 2. The second-order valence-corrected chi connectivity index (χ2v) is 13.2. The summed E-state index contributed by atoms with van der Waals surface area (Å²) in [4.78, 5) is 31.6. The Balaban J connectivity index is 1.44. The quantitative estimate of drug-likeness (QED) is 0.114. The van der Waals surface area contributed by atoms with E-state index >= 15 is 0 Å². The van der Waals surface area contributed by atoms with Crippen LogP contribution in [0.2, 0.25) is 0 Å². The van der Waals surface area contributed by atoms with Crippen LogP contribution in [0.1, 0.15) is 58.7 Å². The molecule has 0 fully saturated rings. The molecular formula is C38H48N2O7. The van der Waals surface area contributed by atoms with Crippen molar-refractivity contribution >= 4 is 18.0 Å². The average Bonchev–Trinajstić information content (AvgIpc) is 3.63. The van der Waals surface area contributed by atoms with Gasteiger partial charge >= 0.3 is 11.9 Å². The maximum absolute atomic E-state index is 14.0. The first kappa shape index (κ1) is 34.5. The molecule has 9 heteroatoms. The third kappa shape index (κ3) is 8.03. The second kappa shape index (κ2) is 15.0. The number of carbonyl (C=O) groups excluding carboxylic acids is 2. The van der Waals surface area contributed by atoms with Gasteiger partial charge in [0.15, 0.2) is 0 Å². The zero-order valence-corrected chi connectivity index (χ0v) is 28.4. The van der Waals surface area contributed by atoms with Crippen LogP contribution in [0.3, 0.4) is 0 Å². The van der Waals surface area contributed by atoms with Crippen molar-refractivity contribution in [3.8, 4) is 0 Å². The van der Waals surface area contributed by atoms with Gasteiger partial charge in [-0.3, -0.25) is 0 Å². The number of hydrogen-bond acceptors (Lipinski definition) is 8. The SMILES string of the molecule is CCO[C@]12C=C[C@](C)(O1)[C@@H](OC(=O)/C=C/c1cn(C)cn1)C[C@H]1C(C)=CC[C@H](C(C)C)[C@H]1/C=C\2C(=O)OCCOCc1ccccc1. The number of ether oxygens (including phenoxy) is 5. The van der Waals surface area contributed by atoms with Crippen LogP contribution in [0.25, 0.3) is 6.08 Å². The lowest BCUT2D eigenvalue weighted by Gasteiger charge is -2.41. The maximum atomic E-state index is 14.0. The van der Waals surface area contributed by atoms with Gasteiger partial charge in [-0.25, -0.2) is 14.6 Å². The lowest BCUT2D eigenvalue weighted by atomic mass is 9.65. The Morgan fingerprint density at radius 1 is 1.17 bits per heavy atom. The molecular weight excluding hydrogens is 596 g/mol. The molecule has 0 N–H and O–H groups in total. The van der Waals surface area contributed by atoms with Crippen molar-refractivity contribution in [1.29, 1.82) is 0 Å². The lowest BCUT2D eigenvalue weighted by Crippen LogP contribution is -2.48. The highest BCUT2D eigenvalue weighted by atomic mass is 16.7. The lowest BCUT2D eigenvalue weighted by molar-refractivity contribution is -0.235. The van der Waals surface area contributed by atoms with Crippen molar-refractivity contribution in [2.24, 2.45) is 30.7 Å². The topological polar surface area (TPSA) is 98.1 Å². The highest BCUT2D eigenvalue weighted by Gasteiger charge is 2.55. The average molecular weight is 645 g/mol. The molecule has 0 amide bonds. The van der Waals surface area contributed by atoms with Gasteiger partial charge in [0.05, 0.1) is 30.8 Å². The summed E-state index contributed by atoms with van der Waals surface area (Å²) < 4.78 is 32.7. The fourth-order valence-electron chi connectivity index (χ4n) is 6.93. The van der Waals surface area contributed by atoms with Gasteiger partial charge in [0.1, 0.15) is 18.3 Å². The summed E-state index contributed by atoms with van der Waals surface area (Å²) in [7, 11) is 1.87. The predicted molar refractivity (Wildman–Crippen MR) is 179 cm³/mol. The van der Waals surface area contributed by atoms with E-state index in [1.807, 2.05) is 74.1 Å².